The van der Waals surface area contributed by atoms with Gasteiger partial charge in [-0.25, -0.2) is 8.42 Å². The number of thioether (sulfide) groups is 1. The summed E-state index contributed by atoms with van der Waals surface area (Å²) in [5.74, 6) is 1.41. The number of rotatable bonds is 8. The molecule has 1 atom stereocenters. The molecule has 1 aliphatic heterocycles. The third-order valence-corrected chi connectivity index (χ3v) is 8.91. The van der Waals surface area contributed by atoms with Crippen LogP contribution in [0.1, 0.15) is 26.7 Å². The Morgan fingerprint density at radius 2 is 2.07 bits per heavy atom. The minimum absolute atomic E-state index is 0.147. The SMILES string of the molecule is COc1ccc(S(=O)(=O)N2CCC[C@H](C(=O)Nc3nnc(SCC(C)C)s3)C2)cc1. The third kappa shape index (κ3) is 5.71. The third-order valence-electron chi connectivity index (χ3n) is 4.63. The van der Waals surface area contributed by atoms with Crippen molar-refractivity contribution in [1.82, 2.24) is 14.5 Å². The average molecular weight is 471 g/mol. The summed E-state index contributed by atoms with van der Waals surface area (Å²) in [5, 5.41) is 11.4. The monoisotopic (exact) mass is 470 g/mol. The molecule has 30 heavy (non-hydrogen) atoms. The van der Waals surface area contributed by atoms with E-state index >= 15 is 0 Å². The Bertz CT molecular complexity index is 960. The maximum atomic E-state index is 13.0. The molecule has 2 heterocycles. The van der Waals surface area contributed by atoms with Crippen molar-refractivity contribution in [2.24, 2.45) is 11.8 Å². The molecule has 0 saturated carbocycles. The van der Waals surface area contributed by atoms with Gasteiger partial charge in [0.2, 0.25) is 21.1 Å². The largest absolute Gasteiger partial charge is 0.497 e. The summed E-state index contributed by atoms with van der Waals surface area (Å²) in [7, 11) is -2.14. The zero-order valence-corrected chi connectivity index (χ0v) is 19.6. The zero-order valence-electron chi connectivity index (χ0n) is 17.2. The molecule has 2 aromatic rings. The smallest absolute Gasteiger partial charge is 0.243 e. The maximum absolute atomic E-state index is 13.0. The van der Waals surface area contributed by atoms with Gasteiger partial charge >= 0.3 is 0 Å². The average Bonchev–Trinajstić information content (AvgIpc) is 3.19. The summed E-state index contributed by atoms with van der Waals surface area (Å²) in [6.45, 7) is 4.80. The second-order valence-corrected chi connectivity index (χ2v) is 11.6. The van der Waals surface area contributed by atoms with Crippen LogP contribution in [0.25, 0.3) is 0 Å². The number of hydrogen-bond donors (Lipinski definition) is 1. The number of carbonyl (C=O) groups excluding carboxylic acids is 1. The Morgan fingerprint density at radius 3 is 2.73 bits per heavy atom. The maximum Gasteiger partial charge on any atom is 0.243 e. The van der Waals surface area contributed by atoms with Gasteiger partial charge in [0.25, 0.3) is 0 Å². The summed E-state index contributed by atoms with van der Waals surface area (Å²) in [4.78, 5) is 12.9. The first kappa shape index (κ1) is 23.0. The van der Waals surface area contributed by atoms with Crippen LogP contribution in [0.4, 0.5) is 5.13 Å². The van der Waals surface area contributed by atoms with Crippen LogP contribution in [0.2, 0.25) is 0 Å². The first-order chi connectivity index (χ1) is 14.3. The molecule has 1 aromatic carbocycles. The fraction of sp³-hybridized carbons (Fsp3) is 0.526. The number of piperidine rings is 1. The molecule has 0 bridgehead atoms. The molecule has 11 heteroatoms. The van der Waals surface area contributed by atoms with Crippen LogP contribution in [-0.4, -0.2) is 54.8 Å². The van der Waals surface area contributed by atoms with E-state index in [1.54, 1.807) is 23.9 Å². The van der Waals surface area contributed by atoms with E-state index in [9.17, 15) is 13.2 Å². The fourth-order valence-electron chi connectivity index (χ4n) is 3.04. The zero-order chi connectivity index (χ0) is 21.7. The van der Waals surface area contributed by atoms with E-state index in [4.69, 9.17) is 4.74 Å². The molecular weight excluding hydrogens is 444 g/mol. The van der Waals surface area contributed by atoms with E-state index in [1.807, 2.05) is 0 Å². The van der Waals surface area contributed by atoms with Gasteiger partial charge in [-0.3, -0.25) is 4.79 Å². The number of sulfonamides is 1. The van der Waals surface area contributed by atoms with Gasteiger partial charge in [0, 0.05) is 18.8 Å². The van der Waals surface area contributed by atoms with E-state index in [2.05, 4.69) is 29.4 Å². The number of hydrogen-bond acceptors (Lipinski definition) is 8. The highest BCUT2D eigenvalue weighted by molar-refractivity contribution is 8.01. The molecule has 1 saturated heterocycles. The molecule has 0 aliphatic carbocycles. The van der Waals surface area contributed by atoms with Crippen molar-refractivity contribution in [3.63, 3.8) is 0 Å². The number of ether oxygens (including phenoxy) is 1. The Morgan fingerprint density at radius 1 is 1.33 bits per heavy atom. The van der Waals surface area contributed by atoms with Crippen LogP contribution >= 0.6 is 23.1 Å². The molecule has 0 radical (unpaired) electrons. The highest BCUT2D eigenvalue weighted by Gasteiger charge is 2.33. The summed E-state index contributed by atoms with van der Waals surface area (Å²) >= 11 is 2.95. The second-order valence-electron chi connectivity index (χ2n) is 7.44. The molecule has 0 unspecified atom stereocenters. The lowest BCUT2D eigenvalue weighted by Crippen LogP contribution is -2.43. The van der Waals surface area contributed by atoms with Crippen LogP contribution in [-0.2, 0) is 14.8 Å². The summed E-state index contributed by atoms with van der Waals surface area (Å²) in [6, 6.07) is 6.28. The van der Waals surface area contributed by atoms with Gasteiger partial charge < -0.3 is 10.1 Å². The first-order valence-corrected chi connectivity index (χ1v) is 12.9. The number of aromatic nitrogens is 2. The van der Waals surface area contributed by atoms with E-state index in [0.29, 0.717) is 36.2 Å². The van der Waals surface area contributed by atoms with Crippen LogP contribution in [0.5, 0.6) is 5.75 Å². The highest BCUT2D eigenvalue weighted by atomic mass is 32.2. The molecule has 1 fully saturated rings. The van der Waals surface area contributed by atoms with Gasteiger partial charge in [-0.1, -0.05) is 36.9 Å². The van der Waals surface area contributed by atoms with Crippen molar-refractivity contribution < 1.29 is 17.9 Å². The predicted molar refractivity (Wildman–Crippen MR) is 119 cm³/mol. The van der Waals surface area contributed by atoms with Crippen molar-refractivity contribution in [3.05, 3.63) is 24.3 Å². The Balaban J connectivity index is 1.63. The molecule has 1 aliphatic rings. The number of nitrogens with zero attached hydrogens (tertiary/aromatic N) is 3. The molecular formula is C19H26N4O4S3. The second kappa shape index (κ2) is 10.1. The first-order valence-electron chi connectivity index (χ1n) is 9.71. The number of carbonyl (C=O) groups is 1. The van der Waals surface area contributed by atoms with Crippen LogP contribution in [0.15, 0.2) is 33.5 Å². The van der Waals surface area contributed by atoms with Gasteiger partial charge in [-0.2, -0.15) is 4.31 Å². The van der Waals surface area contributed by atoms with Crippen LogP contribution in [0, 0.1) is 11.8 Å². The molecule has 3 rings (SSSR count). The Hall–Kier alpha value is -1.69. The molecule has 164 valence electrons. The van der Waals surface area contributed by atoms with Crippen LogP contribution < -0.4 is 10.1 Å². The van der Waals surface area contributed by atoms with E-state index in [-0.39, 0.29) is 17.3 Å². The molecule has 8 nitrogen and oxygen atoms in total. The summed E-state index contributed by atoms with van der Waals surface area (Å²) in [5.41, 5.74) is 0. The van der Waals surface area contributed by atoms with Crippen molar-refractivity contribution in [1.29, 1.82) is 0 Å². The molecule has 1 N–H and O–H groups in total. The lowest BCUT2D eigenvalue weighted by molar-refractivity contribution is -0.120. The summed E-state index contributed by atoms with van der Waals surface area (Å²) < 4.78 is 33.2. The normalized spacial score (nSPS) is 17.8. The number of methoxy groups -OCH3 is 1. The topological polar surface area (TPSA) is 101 Å². The van der Waals surface area contributed by atoms with Crippen molar-refractivity contribution in [2.45, 2.75) is 35.9 Å². The highest BCUT2D eigenvalue weighted by Crippen LogP contribution is 2.29. The number of anilines is 1. The lowest BCUT2D eigenvalue weighted by atomic mass is 9.99. The van der Waals surface area contributed by atoms with Gasteiger partial charge in [0.15, 0.2) is 4.34 Å². The van der Waals surface area contributed by atoms with Gasteiger partial charge in [0.05, 0.1) is 17.9 Å². The minimum atomic E-state index is -3.67. The fourth-order valence-corrected chi connectivity index (χ4v) is 6.29. The van der Waals surface area contributed by atoms with Crippen LogP contribution in [0.3, 0.4) is 0 Å². The number of benzene rings is 1. The van der Waals surface area contributed by atoms with E-state index in [1.165, 1.54) is 34.9 Å². The molecule has 0 spiro atoms. The number of nitrogens with one attached hydrogen (secondary N) is 1. The number of amides is 1. The molecule has 1 amide bonds. The minimum Gasteiger partial charge on any atom is -0.497 e. The van der Waals surface area contributed by atoms with Gasteiger partial charge in [-0.15, -0.1) is 10.2 Å². The van der Waals surface area contributed by atoms with Crippen molar-refractivity contribution in [3.8, 4) is 5.75 Å². The predicted octanol–water partition coefficient (Wildman–Crippen LogP) is 3.33. The lowest BCUT2D eigenvalue weighted by Gasteiger charge is -2.31. The Labute approximate surface area is 185 Å². The van der Waals surface area contributed by atoms with E-state index in [0.717, 1.165) is 10.1 Å². The summed E-state index contributed by atoms with van der Waals surface area (Å²) in [6.07, 6.45) is 1.26. The quantitative estimate of drug-likeness (QED) is 0.466. The standard InChI is InChI=1S/C19H26N4O4S3/c1-13(2)12-28-19-22-21-18(29-19)20-17(24)14-5-4-10-23(11-14)30(25,26)16-8-6-15(27-3)7-9-16/h6-9,13-14H,4-5,10-12H2,1-3H3,(H,20,21,24)/t14-/m0/s1. The van der Waals surface area contributed by atoms with Crippen molar-refractivity contribution in [2.75, 3.05) is 31.3 Å². The Kier molecular flexibility index (Phi) is 7.72. The van der Waals surface area contributed by atoms with Gasteiger partial charge in [0.1, 0.15) is 5.75 Å². The van der Waals surface area contributed by atoms with Gasteiger partial charge in [-0.05, 0) is 43.0 Å². The van der Waals surface area contributed by atoms with Crippen molar-refractivity contribution >= 4 is 44.2 Å². The van der Waals surface area contributed by atoms with E-state index < -0.39 is 15.9 Å². The molecule has 1 aromatic heterocycles.